The highest BCUT2D eigenvalue weighted by atomic mass is 32.2. The minimum absolute atomic E-state index is 0.0698. The van der Waals surface area contributed by atoms with Gasteiger partial charge in [-0.3, -0.25) is 4.98 Å². The molecule has 20 heavy (non-hydrogen) atoms. The Balaban J connectivity index is 1.90. The maximum absolute atomic E-state index is 12.3. The molecule has 112 valence electrons. The minimum Gasteiger partial charge on any atom is -0.329 e. The largest absolute Gasteiger partial charge is 0.329 e. The molecular weight excluding hydrogens is 276 g/mol. The Morgan fingerprint density at radius 1 is 1.45 bits per heavy atom. The molecule has 2 heterocycles. The maximum atomic E-state index is 12.3. The van der Waals surface area contributed by atoms with Crippen molar-refractivity contribution in [1.29, 1.82) is 0 Å². The van der Waals surface area contributed by atoms with Crippen molar-refractivity contribution in [2.75, 3.05) is 19.6 Å². The van der Waals surface area contributed by atoms with E-state index < -0.39 is 10.2 Å². The van der Waals surface area contributed by atoms with Gasteiger partial charge < -0.3 is 5.73 Å². The van der Waals surface area contributed by atoms with Crippen LogP contribution in [0.4, 0.5) is 0 Å². The standard InChI is InChI=1S/C13H22N4O2S/c14-10-13-5-1-2-9-17(13)20(18,19)16-8-6-12-4-3-7-15-11-12/h3-4,7,11,13,16H,1-2,5-6,8-10,14H2. The molecule has 2 rings (SSSR count). The first-order valence-electron chi connectivity index (χ1n) is 6.99. The Kier molecular flexibility index (Phi) is 5.47. The van der Waals surface area contributed by atoms with Crippen LogP contribution in [-0.2, 0) is 16.6 Å². The van der Waals surface area contributed by atoms with Crippen LogP contribution in [0, 0.1) is 0 Å². The zero-order chi connectivity index (χ0) is 14.4. The van der Waals surface area contributed by atoms with Crippen LogP contribution < -0.4 is 10.5 Å². The van der Waals surface area contributed by atoms with Crippen molar-refractivity contribution in [3.05, 3.63) is 30.1 Å². The Labute approximate surface area is 120 Å². The molecule has 1 atom stereocenters. The van der Waals surface area contributed by atoms with Gasteiger partial charge in [0.25, 0.3) is 10.2 Å². The third-order valence-corrected chi connectivity index (χ3v) is 5.24. The molecule has 1 saturated heterocycles. The van der Waals surface area contributed by atoms with Crippen LogP contribution in [0.1, 0.15) is 24.8 Å². The van der Waals surface area contributed by atoms with Crippen LogP contribution in [0.15, 0.2) is 24.5 Å². The van der Waals surface area contributed by atoms with Crippen LogP contribution in [0.25, 0.3) is 0 Å². The fourth-order valence-corrected chi connectivity index (χ4v) is 3.96. The summed E-state index contributed by atoms with van der Waals surface area (Å²) in [7, 11) is -3.43. The smallest absolute Gasteiger partial charge is 0.279 e. The number of hydrogen-bond donors (Lipinski definition) is 2. The fraction of sp³-hybridized carbons (Fsp3) is 0.615. The highest BCUT2D eigenvalue weighted by Crippen LogP contribution is 2.18. The molecule has 1 fully saturated rings. The molecule has 1 aromatic rings. The van der Waals surface area contributed by atoms with Gasteiger partial charge in [-0.2, -0.15) is 12.7 Å². The number of rotatable bonds is 6. The third-order valence-electron chi connectivity index (χ3n) is 3.57. The summed E-state index contributed by atoms with van der Waals surface area (Å²) in [5.74, 6) is 0. The lowest BCUT2D eigenvalue weighted by molar-refractivity contribution is 0.254. The molecule has 0 radical (unpaired) electrons. The first-order valence-corrected chi connectivity index (χ1v) is 8.43. The van der Waals surface area contributed by atoms with E-state index in [2.05, 4.69) is 9.71 Å². The quantitative estimate of drug-likeness (QED) is 0.789. The van der Waals surface area contributed by atoms with E-state index in [0.29, 0.717) is 26.1 Å². The van der Waals surface area contributed by atoms with Crippen LogP contribution >= 0.6 is 0 Å². The van der Waals surface area contributed by atoms with Gasteiger partial charge in [-0.05, 0) is 30.9 Å². The molecule has 0 aromatic carbocycles. The summed E-state index contributed by atoms with van der Waals surface area (Å²) in [4.78, 5) is 4.01. The van der Waals surface area contributed by atoms with Crippen LogP contribution in [0.3, 0.4) is 0 Å². The molecule has 3 N–H and O–H groups in total. The predicted molar refractivity (Wildman–Crippen MR) is 78.3 cm³/mol. The normalized spacial score (nSPS) is 20.9. The first kappa shape index (κ1) is 15.4. The van der Waals surface area contributed by atoms with Crippen LogP contribution in [-0.4, -0.2) is 43.4 Å². The topological polar surface area (TPSA) is 88.3 Å². The summed E-state index contributed by atoms with van der Waals surface area (Å²) in [5.41, 5.74) is 6.69. The van der Waals surface area contributed by atoms with Crippen molar-refractivity contribution in [2.45, 2.75) is 31.7 Å². The first-order chi connectivity index (χ1) is 9.63. The number of nitrogens with two attached hydrogens (primary N) is 1. The third kappa shape index (κ3) is 3.99. The monoisotopic (exact) mass is 298 g/mol. The molecular formula is C13H22N4O2S. The highest BCUT2D eigenvalue weighted by Gasteiger charge is 2.30. The van der Waals surface area contributed by atoms with Crippen molar-refractivity contribution in [3.8, 4) is 0 Å². The predicted octanol–water partition coefficient (Wildman–Crippen LogP) is 0.272. The molecule has 0 spiro atoms. The Bertz CT molecular complexity index is 506. The van der Waals surface area contributed by atoms with E-state index in [0.717, 1.165) is 24.8 Å². The van der Waals surface area contributed by atoms with Crippen molar-refractivity contribution < 1.29 is 8.42 Å². The summed E-state index contributed by atoms with van der Waals surface area (Å²) in [6, 6.07) is 3.71. The number of hydrogen-bond acceptors (Lipinski definition) is 4. The number of aromatic nitrogens is 1. The molecule has 0 aliphatic carbocycles. The lowest BCUT2D eigenvalue weighted by Gasteiger charge is -2.33. The van der Waals surface area contributed by atoms with Gasteiger partial charge in [-0.15, -0.1) is 0 Å². The SMILES string of the molecule is NCC1CCCCN1S(=O)(=O)NCCc1cccnc1. The number of nitrogens with zero attached hydrogens (tertiary/aromatic N) is 2. The van der Waals surface area contributed by atoms with E-state index in [4.69, 9.17) is 5.73 Å². The summed E-state index contributed by atoms with van der Waals surface area (Å²) in [6.45, 7) is 1.31. The van der Waals surface area contributed by atoms with Gasteiger partial charge in [0.15, 0.2) is 0 Å². The van der Waals surface area contributed by atoms with Crippen molar-refractivity contribution in [1.82, 2.24) is 14.0 Å². The van der Waals surface area contributed by atoms with E-state index in [1.54, 1.807) is 12.4 Å². The second kappa shape index (κ2) is 7.12. The zero-order valence-corrected chi connectivity index (χ0v) is 12.3. The van der Waals surface area contributed by atoms with Gasteiger partial charge in [0.2, 0.25) is 0 Å². The molecule has 0 bridgehead atoms. The fourth-order valence-electron chi connectivity index (χ4n) is 2.48. The molecule has 1 aliphatic rings. The van der Waals surface area contributed by atoms with Gasteiger partial charge in [0.05, 0.1) is 0 Å². The van der Waals surface area contributed by atoms with Gasteiger partial charge in [0, 0.05) is 38.1 Å². The van der Waals surface area contributed by atoms with Crippen molar-refractivity contribution >= 4 is 10.2 Å². The summed E-state index contributed by atoms with van der Waals surface area (Å²) in [6.07, 6.45) is 6.88. The van der Waals surface area contributed by atoms with Crippen molar-refractivity contribution in [2.24, 2.45) is 5.73 Å². The molecule has 7 heteroatoms. The Morgan fingerprint density at radius 2 is 2.30 bits per heavy atom. The summed E-state index contributed by atoms with van der Waals surface area (Å²) < 4.78 is 28.7. The molecule has 1 aliphatic heterocycles. The van der Waals surface area contributed by atoms with Crippen LogP contribution in [0.2, 0.25) is 0 Å². The Morgan fingerprint density at radius 3 is 3.00 bits per heavy atom. The lowest BCUT2D eigenvalue weighted by Crippen LogP contribution is -2.51. The number of nitrogens with one attached hydrogen (secondary N) is 1. The highest BCUT2D eigenvalue weighted by molar-refractivity contribution is 7.87. The van der Waals surface area contributed by atoms with E-state index in [9.17, 15) is 8.42 Å². The van der Waals surface area contributed by atoms with E-state index in [-0.39, 0.29) is 6.04 Å². The minimum atomic E-state index is -3.43. The molecule has 0 amide bonds. The molecule has 1 unspecified atom stereocenters. The summed E-state index contributed by atoms with van der Waals surface area (Å²) >= 11 is 0. The average molecular weight is 298 g/mol. The number of pyridine rings is 1. The summed E-state index contributed by atoms with van der Waals surface area (Å²) in [5, 5.41) is 0. The zero-order valence-electron chi connectivity index (χ0n) is 11.5. The average Bonchev–Trinajstić information content (AvgIpc) is 2.48. The van der Waals surface area contributed by atoms with Gasteiger partial charge in [-0.1, -0.05) is 12.5 Å². The number of piperidine rings is 1. The second-order valence-electron chi connectivity index (χ2n) is 5.01. The van der Waals surface area contributed by atoms with Gasteiger partial charge >= 0.3 is 0 Å². The van der Waals surface area contributed by atoms with E-state index in [1.807, 2.05) is 12.1 Å². The van der Waals surface area contributed by atoms with Gasteiger partial charge in [0.1, 0.15) is 0 Å². The molecule has 6 nitrogen and oxygen atoms in total. The second-order valence-corrected chi connectivity index (χ2v) is 6.71. The van der Waals surface area contributed by atoms with Crippen molar-refractivity contribution in [3.63, 3.8) is 0 Å². The Hall–Kier alpha value is -1.02. The molecule has 1 aromatic heterocycles. The molecule has 0 saturated carbocycles. The van der Waals surface area contributed by atoms with Gasteiger partial charge in [-0.25, -0.2) is 4.72 Å². The maximum Gasteiger partial charge on any atom is 0.279 e. The van der Waals surface area contributed by atoms with E-state index >= 15 is 0 Å². The van der Waals surface area contributed by atoms with E-state index in [1.165, 1.54) is 4.31 Å². The van der Waals surface area contributed by atoms with Crippen LogP contribution in [0.5, 0.6) is 0 Å². The lowest BCUT2D eigenvalue weighted by atomic mass is 10.1.